The van der Waals surface area contributed by atoms with Crippen LogP contribution in [0.25, 0.3) is 0 Å². The van der Waals surface area contributed by atoms with E-state index in [0.717, 1.165) is 22.5 Å². The van der Waals surface area contributed by atoms with Crippen molar-refractivity contribution in [2.24, 2.45) is 5.73 Å². The number of hydrogen-bond donors (Lipinski definition) is 2. The second-order valence-electron chi connectivity index (χ2n) is 4.31. The van der Waals surface area contributed by atoms with E-state index in [2.05, 4.69) is 17.0 Å². The van der Waals surface area contributed by atoms with Gasteiger partial charge in [0.25, 0.3) is 0 Å². The maximum Gasteiger partial charge on any atom is 0.122 e. The Morgan fingerprint density at radius 2 is 1.78 bits per heavy atom. The van der Waals surface area contributed by atoms with Crippen LogP contribution in [0.15, 0.2) is 48.5 Å². The minimum absolute atomic E-state index is 0.104. The van der Waals surface area contributed by atoms with Crippen molar-refractivity contribution in [3.63, 3.8) is 0 Å². The van der Waals surface area contributed by atoms with Gasteiger partial charge in [0.15, 0.2) is 0 Å². The predicted molar refractivity (Wildman–Crippen MR) is 76.7 cm³/mol. The Hall–Kier alpha value is -2.29. The molecule has 92 valence electrons. The highest BCUT2D eigenvalue weighted by Gasteiger charge is 2.07. The first-order chi connectivity index (χ1) is 8.59. The lowest BCUT2D eigenvalue weighted by Crippen LogP contribution is -2.14. The molecule has 0 radical (unpaired) electrons. The van der Waals surface area contributed by atoms with Gasteiger partial charge in [0, 0.05) is 24.0 Å². The lowest BCUT2D eigenvalue weighted by Gasteiger charge is -2.22. The second kappa shape index (κ2) is 4.92. The molecule has 2 rings (SSSR count). The van der Waals surface area contributed by atoms with Crippen molar-refractivity contribution in [3.05, 3.63) is 59.7 Å². The van der Waals surface area contributed by atoms with E-state index in [0.29, 0.717) is 0 Å². The van der Waals surface area contributed by atoms with Crippen LogP contribution in [-0.4, -0.2) is 12.9 Å². The van der Waals surface area contributed by atoms with Gasteiger partial charge in [0.1, 0.15) is 5.84 Å². The topological polar surface area (TPSA) is 53.1 Å². The van der Waals surface area contributed by atoms with Gasteiger partial charge in [-0.1, -0.05) is 18.2 Å². The second-order valence-corrected chi connectivity index (χ2v) is 4.31. The lowest BCUT2D eigenvalue weighted by molar-refractivity contribution is 1.18. The monoisotopic (exact) mass is 239 g/mol. The molecule has 3 nitrogen and oxygen atoms in total. The molecule has 0 saturated carbocycles. The summed E-state index contributed by atoms with van der Waals surface area (Å²) in [7, 11) is 2.03. The highest BCUT2D eigenvalue weighted by molar-refractivity contribution is 5.95. The lowest BCUT2D eigenvalue weighted by atomic mass is 10.1. The van der Waals surface area contributed by atoms with E-state index in [1.807, 2.05) is 50.4 Å². The fourth-order valence-corrected chi connectivity index (χ4v) is 1.99. The molecule has 3 heteroatoms. The average molecular weight is 239 g/mol. The van der Waals surface area contributed by atoms with E-state index in [1.54, 1.807) is 0 Å². The Morgan fingerprint density at radius 1 is 1.11 bits per heavy atom. The number of amidine groups is 1. The van der Waals surface area contributed by atoms with Crippen molar-refractivity contribution in [2.75, 3.05) is 11.9 Å². The largest absolute Gasteiger partial charge is 0.384 e. The van der Waals surface area contributed by atoms with Gasteiger partial charge >= 0.3 is 0 Å². The molecule has 0 aliphatic carbocycles. The molecular formula is C15H17N3. The first-order valence-electron chi connectivity index (χ1n) is 5.83. The van der Waals surface area contributed by atoms with Gasteiger partial charge in [-0.25, -0.2) is 0 Å². The summed E-state index contributed by atoms with van der Waals surface area (Å²) in [6.45, 7) is 2.03. The van der Waals surface area contributed by atoms with E-state index in [9.17, 15) is 0 Å². The molecule has 2 aromatic rings. The number of aryl methyl sites for hydroxylation is 1. The Balaban J connectivity index is 2.37. The summed E-state index contributed by atoms with van der Waals surface area (Å²) in [5.74, 6) is 0.104. The van der Waals surface area contributed by atoms with Crippen molar-refractivity contribution in [2.45, 2.75) is 6.92 Å². The van der Waals surface area contributed by atoms with Crippen molar-refractivity contribution in [1.29, 1.82) is 5.41 Å². The third-order valence-corrected chi connectivity index (χ3v) is 3.01. The Kier molecular flexibility index (Phi) is 3.33. The van der Waals surface area contributed by atoms with Crippen LogP contribution in [0.3, 0.4) is 0 Å². The third-order valence-electron chi connectivity index (χ3n) is 3.01. The molecule has 2 aromatic carbocycles. The maximum absolute atomic E-state index is 7.44. The number of rotatable bonds is 3. The summed E-state index contributed by atoms with van der Waals surface area (Å²) < 4.78 is 0. The van der Waals surface area contributed by atoms with Crippen molar-refractivity contribution >= 4 is 17.2 Å². The number of nitrogen functional groups attached to an aromatic ring is 1. The van der Waals surface area contributed by atoms with Crippen LogP contribution in [-0.2, 0) is 0 Å². The molecule has 0 bridgehead atoms. The van der Waals surface area contributed by atoms with Gasteiger partial charge in [-0.2, -0.15) is 0 Å². The van der Waals surface area contributed by atoms with Crippen LogP contribution in [0, 0.1) is 12.3 Å². The van der Waals surface area contributed by atoms with Crippen LogP contribution in [0.4, 0.5) is 11.4 Å². The van der Waals surface area contributed by atoms with Crippen LogP contribution in [0.5, 0.6) is 0 Å². The number of nitrogens with two attached hydrogens (primary N) is 1. The quantitative estimate of drug-likeness (QED) is 0.639. The van der Waals surface area contributed by atoms with Crippen LogP contribution in [0.1, 0.15) is 11.1 Å². The number of anilines is 2. The molecular weight excluding hydrogens is 222 g/mol. The van der Waals surface area contributed by atoms with E-state index in [4.69, 9.17) is 11.1 Å². The van der Waals surface area contributed by atoms with Crippen LogP contribution < -0.4 is 10.6 Å². The van der Waals surface area contributed by atoms with Crippen LogP contribution in [0.2, 0.25) is 0 Å². The summed E-state index contributed by atoms with van der Waals surface area (Å²) in [5, 5.41) is 7.44. The van der Waals surface area contributed by atoms with Gasteiger partial charge in [0.05, 0.1) is 0 Å². The van der Waals surface area contributed by atoms with Gasteiger partial charge in [0.2, 0.25) is 0 Å². The minimum atomic E-state index is 0.104. The standard InChI is InChI=1S/C15H17N3/c1-11-10-12(15(16)17)8-9-14(11)18(2)13-6-4-3-5-7-13/h3-10H,1-2H3,(H3,16,17). The SMILES string of the molecule is Cc1cc(C(=N)N)ccc1N(C)c1ccccc1. The first-order valence-corrected chi connectivity index (χ1v) is 5.83. The molecule has 0 aromatic heterocycles. The molecule has 0 aliphatic rings. The van der Waals surface area contributed by atoms with Crippen LogP contribution >= 0.6 is 0 Å². The zero-order chi connectivity index (χ0) is 13.1. The number of benzene rings is 2. The van der Waals surface area contributed by atoms with Gasteiger partial charge in [-0.05, 0) is 42.8 Å². The molecule has 0 heterocycles. The van der Waals surface area contributed by atoms with E-state index >= 15 is 0 Å². The zero-order valence-corrected chi connectivity index (χ0v) is 10.6. The van der Waals surface area contributed by atoms with Gasteiger partial charge in [-0.15, -0.1) is 0 Å². The smallest absolute Gasteiger partial charge is 0.122 e. The molecule has 0 aliphatic heterocycles. The van der Waals surface area contributed by atoms with Crippen molar-refractivity contribution < 1.29 is 0 Å². The molecule has 0 unspecified atom stereocenters. The highest BCUT2D eigenvalue weighted by atomic mass is 15.1. The molecule has 0 saturated heterocycles. The maximum atomic E-state index is 7.44. The van der Waals surface area contributed by atoms with Gasteiger partial charge in [-0.3, -0.25) is 5.41 Å². The Bertz CT molecular complexity index is 561. The fraction of sp³-hybridized carbons (Fsp3) is 0.133. The number of hydrogen-bond acceptors (Lipinski definition) is 2. The Labute approximate surface area is 107 Å². The molecule has 0 spiro atoms. The molecule has 0 atom stereocenters. The molecule has 0 amide bonds. The fourth-order valence-electron chi connectivity index (χ4n) is 1.99. The summed E-state index contributed by atoms with van der Waals surface area (Å²) >= 11 is 0. The summed E-state index contributed by atoms with van der Waals surface area (Å²) in [5.41, 5.74) is 9.61. The third kappa shape index (κ3) is 2.35. The highest BCUT2D eigenvalue weighted by Crippen LogP contribution is 2.26. The number of para-hydroxylation sites is 1. The number of nitrogens with one attached hydrogen (secondary N) is 1. The van der Waals surface area contributed by atoms with Gasteiger partial charge < -0.3 is 10.6 Å². The average Bonchev–Trinajstić information content (AvgIpc) is 2.38. The Morgan fingerprint density at radius 3 is 2.33 bits per heavy atom. The summed E-state index contributed by atoms with van der Waals surface area (Å²) in [6, 6.07) is 16.0. The van der Waals surface area contributed by atoms with E-state index in [1.165, 1.54) is 0 Å². The summed E-state index contributed by atoms with van der Waals surface area (Å²) in [6.07, 6.45) is 0. The minimum Gasteiger partial charge on any atom is -0.384 e. The predicted octanol–water partition coefficient (Wildman–Crippen LogP) is 3.05. The molecule has 0 fully saturated rings. The van der Waals surface area contributed by atoms with E-state index in [-0.39, 0.29) is 5.84 Å². The van der Waals surface area contributed by atoms with E-state index < -0.39 is 0 Å². The van der Waals surface area contributed by atoms with Crippen molar-refractivity contribution in [3.8, 4) is 0 Å². The first kappa shape index (κ1) is 12.2. The zero-order valence-electron chi connectivity index (χ0n) is 10.6. The molecule has 3 N–H and O–H groups in total. The number of nitrogens with zero attached hydrogens (tertiary/aromatic N) is 1. The molecule has 18 heavy (non-hydrogen) atoms. The summed E-state index contributed by atoms with van der Waals surface area (Å²) in [4.78, 5) is 2.12. The normalized spacial score (nSPS) is 10.1. The van der Waals surface area contributed by atoms with Crippen molar-refractivity contribution in [1.82, 2.24) is 0 Å².